The molecule has 3 heterocycles. The Hall–Kier alpha value is -4.17. The molecule has 0 bridgehead atoms. The average molecular weight is 582 g/mol. The molecule has 0 aliphatic carbocycles. The summed E-state index contributed by atoms with van der Waals surface area (Å²) in [5.41, 5.74) is 4.24. The molecule has 0 unspecified atom stereocenters. The molecule has 2 aliphatic heterocycles. The molecule has 4 aromatic rings. The van der Waals surface area contributed by atoms with Crippen molar-refractivity contribution in [2.45, 2.75) is 57.5 Å². The lowest BCUT2D eigenvalue weighted by Crippen LogP contribution is -2.55. The fourth-order valence-corrected chi connectivity index (χ4v) is 6.60. The number of aromatic nitrogens is 1. The van der Waals surface area contributed by atoms with Crippen molar-refractivity contribution < 1.29 is 14.0 Å². The summed E-state index contributed by atoms with van der Waals surface area (Å²) in [6.45, 7) is 6.27. The summed E-state index contributed by atoms with van der Waals surface area (Å²) >= 11 is 0. The van der Waals surface area contributed by atoms with Crippen molar-refractivity contribution in [2.24, 2.45) is 0 Å². The van der Waals surface area contributed by atoms with E-state index in [1.807, 2.05) is 60.5 Å². The number of carbonyl (C=O) groups is 2. The van der Waals surface area contributed by atoms with Gasteiger partial charge in [0.1, 0.15) is 11.9 Å². The number of H-pyrrole nitrogens is 1. The van der Waals surface area contributed by atoms with Crippen molar-refractivity contribution in [3.63, 3.8) is 0 Å². The normalized spacial score (nSPS) is 17.1. The number of amides is 3. The van der Waals surface area contributed by atoms with Gasteiger partial charge in [-0.1, -0.05) is 37.3 Å². The third-order valence-corrected chi connectivity index (χ3v) is 8.87. The SMILES string of the molecule is C[C@@H](c1c[nH]c2ccccc12)[C@H](C(=O)Nc1cccc(CN2CCCC2)c1)N(C(=O)N1CCCCC1)c1ccc(F)cc1. The largest absolute Gasteiger partial charge is 0.361 e. The summed E-state index contributed by atoms with van der Waals surface area (Å²) in [6, 6.07) is 20.7. The Balaban J connectivity index is 1.39. The molecule has 2 fully saturated rings. The number of aromatic amines is 1. The first kappa shape index (κ1) is 28.9. The van der Waals surface area contributed by atoms with Gasteiger partial charge in [0, 0.05) is 54.0 Å². The number of benzene rings is 3. The molecule has 0 saturated carbocycles. The molecule has 8 heteroatoms. The Morgan fingerprint density at radius 2 is 1.63 bits per heavy atom. The topological polar surface area (TPSA) is 71.7 Å². The van der Waals surface area contributed by atoms with Gasteiger partial charge >= 0.3 is 6.03 Å². The van der Waals surface area contributed by atoms with Gasteiger partial charge in [-0.05, 0) is 98.8 Å². The summed E-state index contributed by atoms with van der Waals surface area (Å²) in [5.74, 6) is -1.07. The zero-order chi connectivity index (χ0) is 29.8. The van der Waals surface area contributed by atoms with Crippen LogP contribution in [0.25, 0.3) is 10.9 Å². The lowest BCUT2D eigenvalue weighted by atomic mass is 9.90. The second kappa shape index (κ2) is 13.0. The molecule has 0 radical (unpaired) electrons. The summed E-state index contributed by atoms with van der Waals surface area (Å²) < 4.78 is 14.1. The van der Waals surface area contributed by atoms with Crippen LogP contribution >= 0.6 is 0 Å². The maximum atomic E-state index is 14.5. The van der Waals surface area contributed by atoms with Crippen molar-refractivity contribution >= 4 is 34.2 Å². The minimum absolute atomic E-state index is 0.235. The van der Waals surface area contributed by atoms with E-state index in [4.69, 9.17) is 0 Å². The van der Waals surface area contributed by atoms with Crippen LogP contribution in [0.1, 0.15) is 56.1 Å². The Bertz CT molecular complexity index is 1560. The molecular formula is C35H40FN5O2. The Labute approximate surface area is 252 Å². The number of piperidine rings is 1. The number of nitrogens with one attached hydrogen (secondary N) is 2. The molecule has 1 aromatic heterocycles. The molecule has 2 saturated heterocycles. The van der Waals surface area contributed by atoms with E-state index in [1.54, 1.807) is 17.0 Å². The molecule has 2 aliphatic rings. The van der Waals surface area contributed by atoms with Crippen LogP contribution in [-0.4, -0.2) is 58.9 Å². The van der Waals surface area contributed by atoms with Crippen LogP contribution in [-0.2, 0) is 11.3 Å². The van der Waals surface area contributed by atoms with Crippen LogP contribution in [0, 0.1) is 5.82 Å². The smallest absolute Gasteiger partial charge is 0.325 e. The van der Waals surface area contributed by atoms with Gasteiger partial charge < -0.3 is 15.2 Å². The molecule has 2 N–H and O–H groups in total. The molecule has 43 heavy (non-hydrogen) atoms. The average Bonchev–Trinajstić information content (AvgIpc) is 3.71. The van der Waals surface area contributed by atoms with E-state index in [0.717, 1.165) is 60.9 Å². The number of hydrogen-bond donors (Lipinski definition) is 2. The van der Waals surface area contributed by atoms with Gasteiger partial charge in [-0.15, -0.1) is 0 Å². The van der Waals surface area contributed by atoms with Crippen LogP contribution in [0.15, 0.2) is 79.0 Å². The second-order valence-corrected chi connectivity index (χ2v) is 11.9. The van der Waals surface area contributed by atoms with Crippen LogP contribution in [0.4, 0.5) is 20.6 Å². The number of halogens is 1. The number of fused-ring (bicyclic) bond motifs is 1. The lowest BCUT2D eigenvalue weighted by molar-refractivity contribution is -0.117. The van der Waals surface area contributed by atoms with Gasteiger partial charge in [-0.25, -0.2) is 9.18 Å². The highest BCUT2D eigenvalue weighted by molar-refractivity contribution is 6.05. The summed E-state index contributed by atoms with van der Waals surface area (Å²) in [5, 5.41) is 4.17. The first-order valence-corrected chi connectivity index (χ1v) is 15.5. The highest BCUT2D eigenvalue weighted by Gasteiger charge is 2.39. The van der Waals surface area contributed by atoms with Crippen molar-refractivity contribution in [1.29, 1.82) is 0 Å². The van der Waals surface area contributed by atoms with E-state index in [2.05, 4.69) is 21.3 Å². The van der Waals surface area contributed by atoms with Crippen molar-refractivity contribution in [3.8, 4) is 0 Å². The molecule has 224 valence electrons. The minimum atomic E-state index is -0.902. The van der Waals surface area contributed by atoms with Crippen LogP contribution in [0.2, 0.25) is 0 Å². The second-order valence-electron chi connectivity index (χ2n) is 11.9. The summed E-state index contributed by atoms with van der Waals surface area (Å²) in [7, 11) is 0. The summed E-state index contributed by atoms with van der Waals surface area (Å²) in [6.07, 6.45) is 7.27. The number of para-hydroxylation sites is 1. The highest BCUT2D eigenvalue weighted by Crippen LogP contribution is 2.34. The standard InChI is InChI=1S/C35H40FN5O2/c1-25(31-23-37-32-13-4-3-12-30(31)32)33(34(42)38-28-11-9-10-26(22-28)24-39-18-7-8-19-39)41(29-16-14-27(36)15-17-29)35(43)40-20-5-2-6-21-40/h3-4,9-17,22-23,25,33,37H,2,5-8,18-21,24H2,1H3,(H,38,42)/t25-,33+/m0/s1. The van der Waals surface area contributed by atoms with Crippen molar-refractivity contribution in [3.05, 3.63) is 95.9 Å². The van der Waals surface area contributed by atoms with Crippen LogP contribution in [0.5, 0.6) is 0 Å². The molecule has 3 amide bonds. The van der Waals surface area contributed by atoms with Crippen molar-refractivity contribution in [1.82, 2.24) is 14.8 Å². The zero-order valence-corrected chi connectivity index (χ0v) is 24.8. The monoisotopic (exact) mass is 581 g/mol. The van der Waals surface area contributed by atoms with E-state index in [0.29, 0.717) is 24.5 Å². The molecule has 7 nitrogen and oxygen atoms in total. The maximum absolute atomic E-state index is 14.5. The maximum Gasteiger partial charge on any atom is 0.325 e. The highest BCUT2D eigenvalue weighted by atomic mass is 19.1. The predicted molar refractivity (Wildman–Crippen MR) is 170 cm³/mol. The number of rotatable bonds is 8. The van der Waals surface area contributed by atoms with Crippen LogP contribution < -0.4 is 10.2 Å². The molecule has 3 aromatic carbocycles. The van der Waals surface area contributed by atoms with E-state index in [1.165, 1.54) is 25.0 Å². The van der Waals surface area contributed by atoms with E-state index in [-0.39, 0.29) is 17.9 Å². The quantitative estimate of drug-likeness (QED) is 0.233. The van der Waals surface area contributed by atoms with Gasteiger partial charge in [0.05, 0.1) is 0 Å². The van der Waals surface area contributed by atoms with Gasteiger partial charge in [-0.3, -0.25) is 14.6 Å². The van der Waals surface area contributed by atoms with Gasteiger partial charge in [0.25, 0.3) is 0 Å². The van der Waals surface area contributed by atoms with E-state index in [9.17, 15) is 14.0 Å². The minimum Gasteiger partial charge on any atom is -0.361 e. The number of carbonyl (C=O) groups excluding carboxylic acids is 2. The first-order chi connectivity index (χ1) is 21.0. The Kier molecular flexibility index (Phi) is 8.74. The first-order valence-electron chi connectivity index (χ1n) is 15.5. The Morgan fingerprint density at radius 1 is 0.907 bits per heavy atom. The van der Waals surface area contributed by atoms with Gasteiger partial charge in [-0.2, -0.15) is 0 Å². The van der Waals surface area contributed by atoms with Gasteiger partial charge in [0.2, 0.25) is 5.91 Å². The van der Waals surface area contributed by atoms with Crippen LogP contribution in [0.3, 0.4) is 0 Å². The number of urea groups is 1. The molecular weight excluding hydrogens is 541 g/mol. The predicted octanol–water partition coefficient (Wildman–Crippen LogP) is 7.13. The zero-order valence-electron chi connectivity index (χ0n) is 24.8. The molecule has 2 atom stereocenters. The summed E-state index contributed by atoms with van der Waals surface area (Å²) in [4.78, 5) is 38.0. The fraction of sp³-hybridized carbons (Fsp3) is 0.371. The number of hydrogen-bond acceptors (Lipinski definition) is 3. The number of nitrogens with zero attached hydrogens (tertiary/aromatic N) is 3. The molecule has 0 spiro atoms. The lowest BCUT2D eigenvalue weighted by Gasteiger charge is -2.39. The van der Waals surface area contributed by atoms with Crippen molar-refractivity contribution in [2.75, 3.05) is 36.4 Å². The van der Waals surface area contributed by atoms with Gasteiger partial charge in [0.15, 0.2) is 0 Å². The fourth-order valence-electron chi connectivity index (χ4n) is 6.60. The molecule has 6 rings (SSSR count). The van der Waals surface area contributed by atoms with E-state index < -0.39 is 11.9 Å². The van der Waals surface area contributed by atoms with E-state index >= 15 is 0 Å². The number of anilines is 2. The Morgan fingerprint density at radius 3 is 2.40 bits per heavy atom. The third kappa shape index (κ3) is 6.44. The number of likely N-dealkylation sites (tertiary alicyclic amines) is 2. The third-order valence-electron chi connectivity index (χ3n) is 8.87.